The second kappa shape index (κ2) is 8.09. The molecule has 1 fully saturated rings. The summed E-state index contributed by atoms with van der Waals surface area (Å²) in [5.74, 6) is -4.08. The number of benzene rings is 2. The molecule has 1 amide bonds. The first kappa shape index (κ1) is 22.1. The fourth-order valence-corrected chi connectivity index (χ4v) is 4.18. The maximum Gasteiger partial charge on any atom is 0.417 e. The van der Waals surface area contributed by atoms with Gasteiger partial charge in [0.05, 0.1) is 17.2 Å². The molecule has 0 saturated carbocycles. The highest BCUT2D eigenvalue weighted by Gasteiger charge is 2.39. The van der Waals surface area contributed by atoms with Crippen molar-refractivity contribution in [1.82, 2.24) is 9.80 Å². The lowest BCUT2D eigenvalue weighted by Crippen LogP contribution is -2.55. The van der Waals surface area contributed by atoms with Crippen LogP contribution in [0.3, 0.4) is 0 Å². The Morgan fingerprint density at radius 1 is 1.22 bits per heavy atom. The molecule has 2 aliphatic rings. The summed E-state index contributed by atoms with van der Waals surface area (Å²) in [6.45, 7) is 4.60. The molecule has 1 saturated heterocycles. The first-order chi connectivity index (χ1) is 15.1. The summed E-state index contributed by atoms with van der Waals surface area (Å²) in [5.41, 5.74) is -3.21. The predicted molar refractivity (Wildman–Crippen MR) is 105 cm³/mol. The smallest absolute Gasteiger partial charge is 0.417 e. The molecule has 0 radical (unpaired) electrons. The topological polar surface area (TPSA) is 53.0 Å². The van der Waals surface area contributed by atoms with E-state index in [0.717, 1.165) is 18.2 Å². The van der Waals surface area contributed by atoms with Gasteiger partial charge in [0.25, 0.3) is 0 Å². The third kappa shape index (κ3) is 3.79. The summed E-state index contributed by atoms with van der Waals surface area (Å²) in [4.78, 5) is 15.4. The number of carbonyl (C=O) groups excluding carboxylic acids is 1. The van der Waals surface area contributed by atoms with Gasteiger partial charge >= 0.3 is 6.18 Å². The van der Waals surface area contributed by atoms with E-state index < -0.39 is 40.3 Å². The molecule has 0 aliphatic carbocycles. The number of ether oxygens (including phenoxy) is 1. The summed E-state index contributed by atoms with van der Waals surface area (Å²) in [6, 6.07) is 3.14. The summed E-state index contributed by atoms with van der Waals surface area (Å²) in [6.07, 6.45) is -3.75. The van der Waals surface area contributed by atoms with Crippen molar-refractivity contribution in [2.45, 2.75) is 18.8 Å². The van der Waals surface area contributed by atoms with Crippen LogP contribution in [-0.2, 0) is 17.5 Å². The van der Waals surface area contributed by atoms with Crippen molar-refractivity contribution in [3.8, 4) is 22.6 Å². The molecule has 2 aromatic carbocycles. The van der Waals surface area contributed by atoms with Crippen molar-refractivity contribution in [2.24, 2.45) is 0 Å². The predicted octanol–water partition coefficient (Wildman–Crippen LogP) is 3.95. The molecule has 0 bridgehead atoms. The summed E-state index contributed by atoms with van der Waals surface area (Å²) in [7, 11) is 0. The van der Waals surface area contributed by atoms with Crippen molar-refractivity contribution < 1.29 is 36.6 Å². The zero-order valence-electron chi connectivity index (χ0n) is 16.8. The molecule has 32 heavy (non-hydrogen) atoms. The Morgan fingerprint density at radius 2 is 1.97 bits per heavy atom. The van der Waals surface area contributed by atoms with Gasteiger partial charge < -0.3 is 14.7 Å². The van der Waals surface area contributed by atoms with E-state index in [9.17, 15) is 27.5 Å². The second-order valence-corrected chi connectivity index (χ2v) is 7.66. The minimum absolute atomic E-state index is 0.0528. The number of alkyl halides is 3. The lowest BCUT2D eigenvalue weighted by molar-refractivity contribution is -0.137. The molecular formula is C22H19F5N2O3. The van der Waals surface area contributed by atoms with Crippen LogP contribution >= 0.6 is 0 Å². The van der Waals surface area contributed by atoms with Crippen LogP contribution in [-0.4, -0.2) is 53.1 Å². The number of halogens is 5. The van der Waals surface area contributed by atoms with E-state index in [2.05, 4.69) is 6.58 Å². The van der Waals surface area contributed by atoms with Gasteiger partial charge in [-0.2, -0.15) is 13.2 Å². The maximum atomic E-state index is 15.4. The zero-order valence-corrected chi connectivity index (χ0v) is 16.8. The third-order valence-electron chi connectivity index (χ3n) is 5.73. The number of nitrogens with zero attached hydrogens (tertiary/aromatic N) is 2. The molecule has 5 nitrogen and oxygen atoms in total. The molecule has 0 spiro atoms. The molecule has 0 aromatic heterocycles. The van der Waals surface area contributed by atoms with Gasteiger partial charge in [0.1, 0.15) is 18.2 Å². The molecule has 2 aromatic rings. The number of piperazine rings is 1. The zero-order chi connectivity index (χ0) is 23.2. The number of amides is 1. The van der Waals surface area contributed by atoms with Crippen LogP contribution in [0.1, 0.15) is 11.1 Å². The molecule has 4 rings (SSSR count). The maximum absolute atomic E-state index is 15.4. The van der Waals surface area contributed by atoms with Crippen molar-refractivity contribution in [1.29, 1.82) is 0 Å². The largest absolute Gasteiger partial charge is 0.507 e. The Morgan fingerprint density at radius 3 is 2.66 bits per heavy atom. The number of hydrogen-bond donors (Lipinski definition) is 1. The Kier molecular flexibility index (Phi) is 5.58. The standard InChI is InChI=1S/C22H19F5N2O3/c1-2-17(31)29-7-6-28-9-12-8-15(23)19(20(24)21(12)32-11-13(28)10-29)18-14(22(25,26)27)4-3-5-16(18)30/h2-5,8,13,30H,1,6-7,9-11H2/t13-/m1/s1. The van der Waals surface area contributed by atoms with E-state index in [1.165, 1.54) is 6.08 Å². The van der Waals surface area contributed by atoms with E-state index in [1.807, 2.05) is 4.90 Å². The number of phenols is 1. The molecule has 2 aliphatic heterocycles. The monoisotopic (exact) mass is 454 g/mol. The van der Waals surface area contributed by atoms with Gasteiger partial charge in [-0.1, -0.05) is 12.6 Å². The van der Waals surface area contributed by atoms with E-state index in [4.69, 9.17) is 4.74 Å². The van der Waals surface area contributed by atoms with E-state index >= 15 is 4.39 Å². The van der Waals surface area contributed by atoms with Crippen LogP contribution in [0.2, 0.25) is 0 Å². The SMILES string of the molecule is C=CC(=O)N1CCN2Cc3cc(F)c(-c4c(O)cccc4C(F)(F)F)c(F)c3OC[C@H]2C1. The van der Waals surface area contributed by atoms with Gasteiger partial charge in [-0.3, -0.25) is 9.69 Å². The average molecular weight is 454 g/mol. The first-order valence-electron chi connectivity index (χ1n) is 9.80. The Balaban J connectivity index is 1.76. The van der Waals surface area contributed by atoms with Crippen LogP contribution in [0.4, 0.5) is 22.0 Å². The third-order valence-corrected chi connectivity index (χ3v) is 5.73. The number of fused-ring (bicyclic) bond motifs is 2. The summed E-state index contributed by atoms with van der Waals surface area (Å²) >= 11 is 0. The van der Waals surface area contributed by atoms with Crippen molar-refractivity contribution >= 4 is 5.91 Å². The first-order valence-corrected chi connectivity index (χ1v) is 9.80. The highest BCUT2D eigenvalue weighted by Crippen LogP contribution is 2.46. The quantitative estimate of drug-likeness (QED) is 0.552. The number of hydrogen-bond acceptors (Lipinski definition) is 4. The highest BCUT2D eigenvalue weighted by molar-refractivity contribution is 5.87. The van der Waals surface area contributed by atoms with E-state index in [-0.39, 0.29) is 43.0 Å². The van der Waals surface area contributed by atoms with E-state index in [0.29, 0.717) is 19.2 Å². The van der Waals surface area contributed by atoms with Crippen LogP contribution in [0.5, 0.6) is 11.5 Å². The fraction of sp³-hybridized carbons (Fsp3) is 0.318. The number of carbonyl (C=O) groups is 1. The van der Waals surface area contributed by atoms with Crippen LogP contribution < -0.4 is 4.74 Å². The highest BCUT2D eigenvalue weighted by atomic mass is 19.4. The van der Waals surface area contributed by atoms with Gasteiger partial charge in [-0.15, -0.1) is 0 Å². The normalized spacial score (nSPS) is 18.9. The van der Waals surface area contributed by atoms with Crippen molar-refractivity contribution in [3.63, 3.8) is 0 Å². The van der Waals surface area contributed by atoms with Gasteiger partial charge in [0, 0.05) is 37.3 Å². The Hall–Kier alpha value is -3.14. The average Bonchev–Trinajstić information content (AvgIpc) is 2.92. The second-order valence-electron chi connectivity index (χ2n) is 7.66. The summed E-state index contributed by atoms with van der Waals surface area (Å²) in [5, 5.41) is 10.1. The molecule has 170 valence electrons. The molecule has 0 unspecified atom stereocenters. The van der Waals surface area contributed by atoms with E-state index in [1.54, 1.807) is 4.90 Å². The number of aromatic hydroxyl groups is 1. The van der Waals surface area contributed by atoms with Gasteiger partial charge in [-0.25, -0.2) is 8.78 Å². The Labute approximate surface area is 180 Å². The number of rotatable bonds is 2. The van der Waals surface area contributed by atoms with Gasteiger partial charge in [0.2, 0.25) is 5.91 Å². The molecule has 1 atom stereocenters. The molecule has 2 heterocycles. The van der Waals surface area contributed by atoms with Gasteiger partial charge in [-0.05, 0) is 24.3 Å². The lowest BCUT2D eigenvalue weighted by atomic mass is 9.95. The van der Waals surface area contributed by atoms with Crippen molar-refractivity contribution in [2.75, 3.05) is 26.2 Å². The fourth-order valence-electron chi connectivity index (χ4n) is 4.18. The minimum Gasteiger partial charge on any atom is -0.507 e. The molecule has 10 heteroatoms. The van der Waals surface area contributed by atoms with Crippen LogP contribution in [0.15, 0.2) is 36.9 Å². The van der Waals surface area contributed by atoms with Crippen molar-refractivity contribution in [3.05, 3.63) is 59.7 Å². The molecule has 1 N–H and O–H groups in total. The van der Waals surface area contributed by atoms with Crippen LogP contribution in [0, 0.1) is 11.6 Å². The minimum atomic E-state index is -4.94. The molecular weight excluding hydrogens is 435 g/mol. The summed E-state index contributed by atoms with van der Waals surface area (Å²) < 4.78 is 76.4. The van der Waals surface area contributed by atoms with Gasteiger partial charge in [0.15, 0.2) is 11.6 Å². The Bertz CT molecular complexity index is 1090. The lowest BCUT2D eigenvalue weighted by Gasteiger charge is -2.39. The van der Waals surface area contributed by atoms with Crippen LogP contribution in [0.25, 0.3) is 11.1 Å². The number of phenolic OH excluding ortho intramolecular Hbond substituents is 1.